The summed E-state index contributed by atoms with van der Waals surface area (Å²) >= 11 is 6.18. The van der Waals surface area contributed by atoms with Crippen LogP contribution in [0, 0.1) is 0 Å². The number of ether oxygens (including phenoxy) is 2. The van der Waals surface area contributed by atoms with E-state index in [2.05, 4.69) is 4.98 Å². The second-order valence-electron chi connectivity index (χ2n) is 5.05. The van der Waals surface area contributed by atoms with Gasteiger partial charge in [0.25, 0.3) is 0 Å². The van der Waals surface area contributed by atoms with Crippen LogP contribution >= 0.6 is 11.6 Å². The number of benzene rings is 1. The van der Waals surface area contributed by atoms with Crippen LogP contribution in [-0.4, -0.2) is 23.2 Å². The van der Waals surface area contributed by atoms with E-state index < -0.39 is 17.6 Å². The molecule has 0 unspecified atom stereocenters. The molecule has 26 heavy (non-hydrogen) atoms. The van der Waals surface area contributed by atoms with Crippen LogP contribution in [0.3, 0.4) is 0 Å². The highest BCUT2D eigenvalue weighted by Gasteiger charge is 2.32. The largest absolute Gasteiger partial charge is 0.490 e. The van der Waals surface area contributed by atoms with Gasteiger partial charge in [0.2, 0.25) is 0 Å². The molecule has 0 saturated heterocycles. The third kappa shape index (κ3) is 5.01. The molecule has 1 heterocycles. The first-order valence-corrected chi connectivity index (χ1v) is 8.08. The maximum atomic E-state index is 12.7. The number of nitrogens with zero attached hydrogens (tertiary/aromatic N) is 1. The summed E-state index contributed by atoms with van der Waals surface area (Å²) in [5, 5.41) is 0.298. The molecule has 1 aromatic heterocycles. The summed E-state index contributed by atoms with van der Waals surface area (Å²) in [6, 6.07) is 3.95. The van der Waals surface area contributed by atoms with Crippen molar-refractivity contribution >= 4 is 23.8 Å². The summed E-state index contributed by atoms with van der Waals surface area (Å²) in [6.45, 7) is 4.38. The number of halogens is 4. The molecule has 9 heteroatoms. The highest BCUT2D eigenvalue weighted by molar-refractivity contribution is 6.32. The van der Waals surface area contributed by atoms with E-state index in [1.54, 1.807) is 31.0 Å². The lowest BCUT2D eigenvalue weighted by atomic mass is 10.1. The smallest absolute Gasteiger partial charge is 0.431 e. The number of H-pyrrole nitrogens is 1. The molecular weight excluding hydrogens is 373 g/mol. The lowest BCUT2D eigenvalue weighted by Crippen LogP contribution is -2.19. The maximum Gasteiger partial charge on any atom is 0.431 e. The molecule has 5 nitrogen and oxygen atoms in total. The van der Waals surface area contributed by atoms with Gasteiger partial charge in [0.05, 0.1) is 23.9 Å². The van der Waals surface area contributed by atoms with Crippen LogP contribution in [0.5, 0.6) is 11.5 Å². The van der Waals surface area contributed by atoms with Crippen LogP contribution in [-0.2, 0) is 6.18 Å². The molecule has 0 atom stereocenters. The molecule has 0 radical (unpaired) electrons. The van der Waals surface area contributed by atoms with Crippen LogP contribution in [0.1, 0.15) is 30.8 Å². The van der Waals surface area contributed by atoms with Gasteiger partial charge in [-0.3, -0.25) is 0 Å². The summed E-state index contributed by atoms with van der Waals surface area (Å²) < 4.78 is 49.2. The number of aromatic nitrogens is 2. The molecule has 0 aliphatic rings. The Labute approximate surface area is 152 Å². The van der Waals surface area contributed by atoms with Crippen LogP contribution < -0.4 is 15.2 Å². The van der Waals surface area contributed by atoms with Crippen LogP contribution in [0.4, 0.5) is 13.2 Å². The van der Waals surface area contributed by atoms with Crippen molar-refractivity contribution in [1.29, 1.82) is 0 Å². The third-order valence-corrected chi connectivity index (χ3v) is 3.42. The number of rotatable bonds is 6. The first-order valence-electron chi connectivity index (χ1n) is 7.70. The molecule has 0 aliphatic heterocycles. The number of nitrogens with one attached hydrogen (secondary N) is 1. The molecule has 2 aromatic rings. The van der Waals surface area contributed by atoms with Crippen LogP contribution in [0.15, 0.2) is 23.0 Å². The highest BCUT2D eigenvalue weighted by Crippen LogP contribution is 2.37. The van der Waals surface area contributed by atoms with Gasteiger partial charge < -0.3 is 14.5 Å². The number of hydrogen-bond acceptors (Lipinski definition) is 4. The number of alkyl halides is 3. The summed E-state index contributed by atoms with van der Waals surface area (Å²) in [7, 11) is 0. The lowest BCUT2D eigenvalue weighted by Gasteiger charge is -2.13. The van der Waals surface area contributed by atoms with Crippen LogP contribution in [0.25, 0.3) is 12.2 Å². The monoisotopic (exact) mass is 388 g/mol. The SMILES string of the molecule is CCOc1cc(C=Cc2cc(C(F)(F)F)[nH]c(=O)n2)cc(Cl)c1OCC. The van der Waals surface area contributed by atoms with Crippen molar-refractivity contribution in [1.82, 2.24) is 9.97 Å². The Hall–Kier alpha value is -2.48. The Morgan fingerprint density at radius 2 is 1.85 bits per heavy atom. The van der Waals surface area contributed by atoms with E-state index in [1.807, 2.05) is 0 Å². The molecule has 0 fully saturated rings. The van der Waals surface area contributed by atoms with Crippen molar-refractivity contribution in [3.63, 3.8) is 0 Å². The van der Waals surface area contributed by atoms with Gasteiger partial charge in [-0.25, -0.2) is 4.79 Å². The summed E-state index contributed by atoms with van der Waals surface area (Å²) in [6.07, 6.45) is -1.91. The van der Waals surface area contributed by atoms with E-state index in [4.69, 9.17) is 21.1 Å². The van der Waals surface area contributed by atoms with E-state index >= 15 is 0 Å². The molecule has 0 bridgehead atoms. The van der Waals surface area contributed by atoms with Gasteiger partial charge in [-0.1, -0.05) is 17.7 Å². The number of aromatic amines is 1. The first-order chi connectivity index (χ1) is 12.2. The second kappa shape index (κ2) is 8.27. The topological polar surface area (TPSA) is 64.2 Å². The van der Waals surface area contributed by atoms with Gasteiger partial charge >= 0.3 is 11.9 Å². The van der Waals surface area contributed by atoms with Crippen molar-refractivity contribution in [2.45, 2.75) is 20.0 Å². The fourth-order valence-electron chi connectivity index (χ4n) is 2.13. The van der Waals surface area contributed by atoms with E-state index in [-0.39, 0.29) is 5.69 Å². The quantitative estimate of drug-likeness (QED) is 0.796. The van der Waals surface area contributed by atoms with Crippen molar-refractivity contribution < 1.29 is 22.6 Å². The van der Waals surface area contributed by atoms with Gasteiger partial charge in [-0.15, -0.1) is 0 Å². The zero-order valence-electron chi connectivity index (χ0n) is 14.0. The van der Waals surface area contributed by atoms with Crippen LogP contribution in [0.2, 0.25) is 5.02 Å². The molecule has 140 valence electrons. The van der Waals surface area contributed by atoms with Gasteiger partial charge in [-0.05, 0) is 43.7 Å². The van der Waals surface area contributed by atoms with Gasteiger partial charge in [0.15, 0.2) is 11.5 Å². The minimum absolute atomic E-state index is 0.135. The molecular formula is C17H16ClF3N2O3. The summed E-state index contributed by atoms with van der Waals surface area (Å²) in [5.74, 6) is 0.804. The summed E-state index contributed by atoms with van der Waals surface area (Å²) in [5.41, 5.74) is -1.84. The van der Waals surface area contributed by atoms with E-state index in [9.17, 15) is 18.0 Å². The zero-order valence-corrected chi connectivity index (χ0v) is 14.7. The molecule has 0 saturated carbocycles. The first kappa shape index (κ1) is 19.8. The highest BCUT2D eigenvalue weighted by atomic mass is 35.5. The molecule has 2 rings (SSSR count). The minimum Gasteiger partial charge on any atom is -0.490 e. The minimum atomic E-state index is -4.67. The average Bonchev–Trinajstić information content (AvgIpc) is 2.55. The van der Waals surface area contributed by atoms with Crippen molar-refractivity contribution in [3.8, 4) is 11.5 Å². The Kier molecular flexibility index (Phi) is 6.31. The Bertz CT molecular complexity index is 863. The predicted octanol–water partition coefficient (Wildman–Crippen LogP) is 4.41. The molecule has 0 amide bonds. The van der Waals surface area contributed by atoms with Crippen molar-refractivity contribution in [2.24, 2.45) is 0 Å². The molecule has 0 aliphatic carbocycles. The molecule has 1 N–H and O–H groups in total. The Morgan fingerprint density at radius 3 is 2.46 bits per heavy atom. The molecule has 1 aromatic carbocycles. The zero-order chi connectivity index (χ0) is 19.3. The van der Waals surface area contributed by atoms with E-state index in [0.29, 0.717) is 35.3 Å². The predicted molar refractivity (Wildman–Crippen MR) is 92.6 cm³/mol. The maximum absolute atomic E-state index is 12.7. The van der Waals surface area contributed by atoms with Gasteiger partial charge in [0.1, 0.15) is 5.69 Å². The second-order valence-corrected chi connectivity index (χ2v) is 5.46. The Morgan fingerprint density at radius 1 is 1.15 bits per heavy atom. The lowest BCUT2D eigenvalue weighted by molar-refractivity contribution is -0.141. The van der Waals surface area contributed by atoms with Gasteiger partial charge in [0, 0.05) is 0 Å². The van der Waals surface area contributed by atoms with E-state index in [1.165, 1.54) is 12.2 Å². The average molecular weight is 389 g/mol. The number of hydrogen-bond donors (Lipinski definition) is 1. The van der Waals surface area contributed by atoms with Crippen molar-refractivity contribution in [2.75, 3.05) is 13.2 Å². The third-order valence-electron chi connectivity index (χ3n) is 3.14. The van der Waals surface area contributed by atoms with E-state index in [0.717, 1.165) is 6.07 Å². The standard InChI is InChI=1S/C17H16ClF3N2O3/c1-3-25-13-8-10(7-12(18)15(13)26-4-2)5-6-11-9-14(17(19,20)21)23-16(24)22-11/h5-9H,3-4H2,1-2H3,(H,22,23,24). The normalized spacial score (nSPS) is 11.8. The fraction of sp³-hybridized carbons (Fsp3) is 0.294. The Balaban J connectivity index is 2.39. The fourth-order valence-corrected chi connectivity index (χ4v) is 2.40. The molecule has 0 spiro atoms. The van der Waals surface area contributed by atoms with Crippen molar-refractivity contribution in [3.05, 3.63) is 50.7 Å². The summed E-state index contributed by atoms with van der Waals surface area (Å²) in [4.78, 5) is 16.5. The van der Waals surface area contributed by atoms with Gasteiger partial charge in [-0.2, -0.15) is 18.2 Å².